The van der Waals surface area contributed by atoms with Crippen LogP contribution in [0, 0.1) is 13.8 Å². The minimum absolute atomic E-state index is 0.00735. The molecule has 0 radical (unpaired) electrons. The van der Waals surface area contributed by atoms with Crippen LogP contribution in [0.5, 0.6) is 0 Å². The number of nitrogens with one attached hydrogen (secondary N) is 4. The average molecular weight is 2010 g/mol. The first-order chi connectivity index (χ1) is 60.5. The molecule has 0 aromatic carbocycles. The standard InChI is InChI=1S/C62H80N24O30P6S6/c1-5-27-28(6-39(105-27)81-12-25(2)55(87)79-61(81)91)112-118(94,124)100-15-35-30(7-40(106-35)82-13-26(3)56(88)80-62(82)92)113-119(95,125)103-17-37-32(10-43(109-37)85-23-73-47-53(85)75-59(65)77-57(47)89)116-122(98,128)104-18-38-33(11-44(110-38)86-24-74-48-54(86)76-60(66)78-58(48)90)115-121(97,127)102-16-36-31(9-42(108-36)84-22-72-46-50(64)68-20-70-52(46)84)114-120(96,126)101-14-34-29(111-117(93,123)99-4)8-41(107-34)83-21-71-45-49(63)67-19-69-51(45)83/h12-13,19-24,27-44H,5-11,14-18H2,1-4H3,(H,93,123)(H,94,124)(H,95,125)(H,96,126)(H,97,127)(H,98,128)(H2,63,67,69)(H2,64,68,70)(H,79,87,91)(H,80,88,92)(H3,65,75,77,89)(H3,66,76,78,90)/p-5/t27-,28-,29-,30-,31-,32-,33-,34-,35-,36-,37-,38-,39-,40-,41-,42-,43-,44-,117?,118?,119?,120?,121?,122?/m1/s1. The van der Waals surface area contributed by atoms with Crippen LogP contribution in [0.1, 0.15) is 100 Å². The molecular formula is C62H75N24O30P6S6-5. The van der Waals surface area contributed by atoms with E-state index in [1.165, 1.54) is 82.5 Å². The summed E-state index contributed by atoms with van der Waals surface area (Å²) in [7, 11) is 1.14. The Balaban J connectivity index is 0.622. The number of aromatic nitrogens is 20. The van der Waals surface area contributed by atoms with Crippen LogP contribution in [0.2, 0.25) is 0 Å². The zero-order valence-corrected chi connectivity index (χ0v) is 76.6. The van der Waals surface area contributed by atoms with E-state index in [1.807, 2.05) is 0 Å². The van der Waals surface area contributed by atoms with Crippen LogP contribution in [0.3, 0.4) is 0 Å². The Morgan fingerprint density at radius 1 is 0.430 bits per heavy atom. The van der Waals surface area contributed by atoms with Gasteiger partial charge < -0.3 is 142 Å². The molecule has 6 saturated heterocycles. The highest BCUT2D eigenvalue weighted by molar-refractivity contribution is 8.32. The SMILES string of the molecule is CC[C@H]1O[C@@H](n2cc(C)c(=O)[nH]c2=O)C[C@H]1OP([O-])(=S)OC[C@H]1O[C@@H](n2cc(C)c(=O)[nH]c2=O)C[C@H]1OP(=O)([S-])OC[C@H]1O[C@@H](n2cnc3c(=O)[nH]c(N)nc32)C[C@H]1OP([O-])(=S)OC[C@H]1O[C@@H](n2cnc3c(=O)[nH]c(N)nc32)C[C@H]1OP([O-])(=S)OC[C@H]1O[C@@H](n2cnc3c(N)ncnc32)C[C@H]1OP([O-])(=S)OC[C@H]1O[C@@H](n2cnc3c(N)ncnc32)C[C@H]1OP(O)(=S)OC. The number of aromatic amines is 4. The molecule has 6 fully saturated rings. The zero-order chi connectivity index (χ0) is 91.2. The van der Waals surface area contributed by atoms with Gasteiger partial charge in [0, 0.05) is 69.2 Å². The molecule has 0 aliphatic carbocycles. The number of ether oxygens (including phenoxy) is 6. The Morgan fingerprint density at radius 3 is 1.07 bits per heavy atom. The third-order valence-electron chi connectivity index (χ3n) is 21.1. The van der Waals surface area contributed by atoms with Crippen molar-refractivity contribution in [2.45, 2.75) is 176 Å². The van der Waals surface area contributed by atoms with Gasteiger partial charge in [-0.05, 0) is 32.1 Å². The Kier molecular flexibility index (Phi) is 27.8. The third kappa shape index (κ3) is 20.9. The lowest BCUT2D eigenvalue weighted by molar-refractivity contribution is -0.221. The van der Waals surface area contributed by atoms with E-state index in [4.69, 9.17) is 177 Å². The highest BCUT2D eigenvalue weighted by Crippen LogP contribution is 2.56. The number of anilines is 4. The van der Waals surface area contributed by atoms with Gasteiger partial charge in [-0.15, -0.1) is 0 Å². The van der Waals surface area contributed by atoms with Crippen LogP contribution < -0.4 is 76.1 Å². The number of hydrogen-bond acceptors (Lipinski definition) is 49. The monoisotopic (exact) mass is 2010 g/mol. The summed E-state index contributed by atoms with van der Waals surface area (Å²) in [5.41, 5.74) is 20.1. The molecule has 10 aromatic rings. The lowest BCUT2D eigenvalue weighted by Crippen LogP contribution is -2.34. The molecule has 16 rings (SSSR count). The number of fused-ring (bicyclic) bond motifs is 4. The van der Waals surface area contributed by atoms with Crippen LogP contribution >= 0.6 is 40.4 Å². The first kappa shape index (κ1) is 94.5. The number of aryl methyl sites for hydroxylation is 2. The minimum Gasteiger partial charge on any atom is -0.780 e. The van der Waals surface area contributed by atoms with E-state index in [0.29, 0.717) is 0 Å². The predicted octanol–water partition coefficient (Wildman–Crippen LogP) is -1.63. The van der Waals surface area contributed by atoms with Crippen molar-refractivity contribution in [3.63, 3.8) is 0 Å². The first-order valence-electron chi connectivity index (χ1n) is 38.2. The molecule has 16 heterocycles. The lowest BCUT2D eigenvalue weighted by Gasteiger charge is -2.36. The van der Waals surface area contributed by atoms with Gasteiger partial charge in [-0.1, -0.05) is 54.2 Å². The summed E-state index contributed by atoms with van der Waals surface area (Å²) in [5, 5.41) is 0. The zero-order valence-electron chi connectivity index (χ0n) is 66.4. The maximum absolute atomic E-state index is 15.0. The van der Waals surface area contributed by atoms with Gasteiger partial charge in [-0.25, -0.2) is 49.5 Å². The fraction of sp³-hybridized carbons (Fsp3) is 0.548. The van der Waals surface area contributed by atoms with Crippen molar-refractivity contribution >= 4 is 180 Å². The van der Waals surface area contributed by atoms with Gasteiger partial charge in [0.2, 0.25) is 11.9 Å². The Bertz CT molecular complexity index is 6610. The summed E-state index contributed by atoms with van der Waals surface area (Å²) in [6.07, 6.45) is -14.2. The lowest BCUT2D eigenvalue weighted by atomic mass is 10.1. The molecule has 10 aromatic heterocycles. The van der Waals surface area contributed by atoms with Crippen LogP contribution in [0.25, 0.3) is 44.7 Å². The van der Waals surface area contributed by atoms with E-state index in [0.717, 1.165) is 16.2 Å². The van der Waals surface area contributed by atoms with E-state index < -0.39 is 218 Å². The number of nitrogens with two attached hydrogens (primary N) is 4. The van der Waals surface area contributed by atoms with Gasteiger partial charge in [0.1, 0.15) is 118 Å². The summed E-state index contributed by atoms with van der Waals surface area (Å²) in [6.45, 7) is -27.4. The largest absolute Gasteiger partial charge is 0.780 e. The van der Waals surface area contributed by atoms with Gasteiger partial charge in [-0.2, -0.15) is 9.97 Å². The number of imidazole rings is 4. The molecule has 24 atom stereocenters. The number of hydrogen-bond donors (Lipinski definition) is 9. The molecule has 0 amide bonds. The minimum atomic E-state index is -5.00. The molecule has 6 aliphatic rings. The summed E-state index contributed by atoms with van der Waals surface area (Å²) < 4.78 is 131. The summed E-state index contributed by atoms with van der Waals surface area (Å²) in [5.74, 6) is -0.578. The fourth-order valence-corrected chi connectivity index (χ4v) is 23.4. The quantitative estimate of drug-likeness (QED) is 0.0159. The van der Waals surface area contributed by atoms with Crippen molar-refractivity contribution in [2.24, 2.45) is 0 Å². The van der Waals surface area contributed by atoms with Crippen molar-refractivity contribution in [1.82, 2.24) is 97.2 Å². The summed E-state index contributed by atoms with van der Waals surface area (Å²) in [6, 6.07) is 0. The molecule has 694 valence electrons. The number of nitrogens with zero attached hydrogens (tertiary/aromatic N) is 16. The second kappa shape index (κ2) is 37.6. The van der Waals surface area contributed by atoms with Crippen molar-refractivity contribution in [3.8, 4) is 0 Å². The molecule has 13 N–H and O–H groups in total. The second-order valence-corrected chi connectivity index (χ2v) is 45.9. The molecule has 0 spiro atoms. The molecule has 6 unspecified atom stereocenters. The Labute approximate surface area is 747 Å². The number of H-pyrrole nitrogens is 4. The number of rotatable bonds is 35. The Morgan fingerprint density at radius 2 is 0.727 bits per heavy atom. The maximum atomic E-state index is 15.0. The Hall–Kier alpha value is -6.73. The molecule has 66 heteroatoms. The van der Waals surface area contributed by atoms with Crippen LogP contribution in [0.4, 0.5) is 23.5 Å². The molecule has 54 nitrogen and oxygen atoms in total. The van der Waals surface area contributed by atoms with Crippen LogP contribution in [0.15, 0.2) is 79.1 Å². The van der Waals surface area contributed by atoms with Crippen molar-refractivity contribution in [2.75, 3.05) is 63.1 Å². The van der Waals surface area contributed by atoms with E-state index in [1.54, 1.807) is 6.92 Å². The van der Waals surface area contributed by atoms with E-state index in [-0.39, 0.29) is 124 Å². The van der Waals surface area contributed by atoms with Crippen LogP contribution in [-0.2, 0) is 159 Å². The molecular weight excluding hydrogens is 1940 g/mol. The highest BCUT2D eigenvalue weighted by Gasteiger charge is 2.49. The fourth-order valence-electron chi connectivity index (χ4n) is 15.1. The average Bonchev–Trinajstić information content (AvgIpc) is 2.14. The van der Waals surface area contributed by atoms with E-state index in [2.05, 4.69) is 69.8 Å². The molecule has 6 aliphatic heterocycles. The molecule has 0 bridgehead atoms. The van der Waals surface area contributed by atoms with Gasteiger partial charge in [0.15, 0.2) is 52.1 Å². The van der Waals surface area contributed by atoms with Crippen LogP contribution in [-0.4, -0.2) is 215 Å². The van der Waals surface area contributed by atoms with Gasteiger partial charge in [-0.3, -0.25) is 71.1 Å². The van der Waals surface area contributed by atoms with Crippen molar-refractivity contribution in [3.05, 3.63) is 124 Å². The van der Waals surface area contributed by atoms with Crippen molar-refractivity contribution < 1.29 is 112 Å². The van der Waals surface area contributed by atoms with Gasteiger partial charge in [0.25, 0.3) is 22.2 Å². The summed E-state index contributed by atoms with van der Waals surface area (Å²) >= 11 is 32.7. The second-order valence-electron chi connectivity index (χ2n) is 29.5. The van der Waals surface area contributed by atoms with Gasteiger partial charge in [0.05, 0.1) is 101 Å². The van der Waals surface area contributed by atoms with Gasteiger partial charge >= 0.3 is 18.1 Å². The summed E-state index contributed by atoms with van der Waals surface area (Å²) in [4.78, 5) is 198. The third-order valence-corrected chi connectivity index (χ3v) is 30.7. The number of nitrogen functional groups attached to an aromatic ring is 4. The first-order valence-corrected chi connectivity index (χ1v) is 53.6. The highest BCUT2D eigenvalue weighted by atomic mass is 32.7. The van der Waals surface area contributed by atoms with E-state index >= 15 is 0 Å². The molecule has 0 saturated carbocycles. The normalized spacial score (nSPS) is 29.1. The molecule has 128 heavy (non-hydrogen) atoms. The topological polar surface area (TPSA) is 724 Å². The predicted molar refractivity (Wildman–Crippen MR) is 453 cm³/mol. The smallest absolute Gasteiger partial charge is 0.330 e. The van der Waals surface area contributed by atoms with Crippen molar-refractivity contribution in [1.29, 1.82) is 0 Å². The maximum Gasteiger partial charge on any atom is 0.330 e. The van der Waals surface area contributed by atoms with E-state index in [9.17, 15) is 57.8 Å².